The quantitative estimate of drug-likeness (QED) is 0.830. The Balaban J connectivity index is 1.59. The lowest BCUT2D eigenvalue weighted by Gasteiger charge is -2.35. The number of carbonyl (C=O) groups is 2. The van der Waals surface area contributed by atoms with Gasteiger partial charge in [0.1, 0.15) is 6.54 Å². The van der Waals surface area contributed by atoms with Gasteiger partial charge in [-0.3, -0.25) is 14.3 Å². The van der Waals surface area contributed by atoms with E-state index in [9.17, 15) is 14.0 Å². The smallest absolute Gasteiger partial charge is 0.255 e. The highest BCUT2D eigenvalue weighted by Gasteiger charge is 2.26. The number of rotatable bonds is 4. The van der Waals surface area contributed by atoms with E-state index >= 15 is 0 Å². The van der Waals surface area contributed by atoms with Gasteiger partial charge in [-0.15, -0.1) is 0 Å². The van der Waals surface area contributed by atoms with Crippen molar-refractivity contribution in [2.45, 2.75) is 32.6 Å². The molecule has 8 nitrogen and oxygen atoms in total. The first kappa shape index (κ1) is 18.0. The zero-order valence-electron chi connectivity index (χ0n) is 14.6. The normalized spacial score (nSPS) is 20.0. The Bertz CT molecular complexity index is 799. The number of morpholine rings is 1. The molecule has 0 aromatic carbocycles. The van der Waals surface area contributed by atoms with Crippen LogP contribution in [-0.4, -0.2) is 56.8 Å². The first-order chi connectivity index (χ1) is 12.4. The van der Waals surface area contributed by atoms with Gasteiger partial charge in [0.2, 0.25) is 11.9 Å². The molecule has 0 spiro atoms. The summed E-state index contributed by atoms with van der Waals surface area (Å²) in [6, 6.07) is 2.46. The standard InChI is InChI=1S/C17H20FN5O3/c1-11-7-22(8-12(2)26-11)16(24)10-23-9-14(6-20-23)21-17(25)13-3-4-19-15(18)5-13/h3-6,9,11-12H,7-8,10H2,1-2H3,(H,21,25). The van der Waals surface area contributed by atoms with Gasteiger partial charge in [-0.1, -0.05) is 0 Å². The second-order valence-electron chi connectivity index (χ2n) is 6.30. The summed E-state index contributed by atoms with van der Waals surface area (Å²) in [4.78, 5) is 29.7. The summed E-state index contributed by atoms with van der Waals surface area (Å²) in [5.41, 5.74) is 0.571. The molecule has 1 saturated heterocycles. The van der Waals surface area contributed by atoms with E-state index in [1.54, 1.807) is 11.1 Å². The van der Waals surface area contributed by atoms with Gasteiger partial charge in [-0.05, 0) is 19.9 Å². The number of ether oxygens (including phenoxy) is 1. The maximum absolute atomic E-state index is 13.1. The maximum Gasteiger partial charge on any atom is 0.255 e. The SMILES string of the molecule is CC1CN(C(=O)Cn2cc(NC(=O)c3ccnc(F)c3)cn2)CC(C)O1. The average molecular weight is 361 g/mol. The Labute approximate surface area is 150 Å². The first-order valence-corrected chi connectivity index (χ1v) is 8.29. The number of nitrogens with zero attached hydrogens (tertiary/aromatic N) is 4. The molecule has 3 rings (SSSR count). The molecule has 9 heteroatoms. The van der Waals surface area contributed by atoms with Gasteiger partial charge in [0, 0.05) is 37.1 Å². The Morgan fingerprint density at radius 2 is 2.08 bits per heavy atom. The largest absolute Gasteiger partial charge is 0.372 e. The van der Waals surface area contributed by atoms with Crippen molar-refractivity contribution in [2.24, 2.45) is 0 Å². The predicted molar refractivity (Wildman–Crippen MR) is 91.0 cm³/mol. The minimum Gasteiger partial charge on any atom is -0.372 e. The molecule has 2 unspecified atom stereocenters. The fourth-order valence-electron chi connectivity index (χ4n) is 2.88. The number of nitrogens with one attached hydrogen (secondary N) is 1. The van der Waals surface area contributed by atoms with E-state index < -0.39 is 11.9 Å². The zero-order chi connectivity index (χ0) is 18.7. The number of anilines is 1. The lowest BCUT2D eigenvalue weighted by atomic mass is 10.2. The summed E-state index contributed by atoms with van der Waals surface area (Å²) in [5, 5.41) is 6.70. The Hall–Kier alpha value is -2.81. The molecular formula is C17H20FN5O3. The van der Waals surface area contributed by atoms with Crippen molar-refractivity contribution in [1.29, 1.82) is 0 Å². The van der Waals surface area contributed by atoms with Gasteiger partial charge in [0.05, 0.1) is 24.1 Å². The Kier molecular flexibility index (Phi) is 5.27. The van der Waals surface area contributed by atoms with Crippen LogP contribution in [0, 0.1) is 5.95 Å². The van der Waals surface area contributed by atoms with Crippen LogP contribution in [0.15, 0.2) is 30.7 Å². The van der Waals surface area contributed by atoms with Crippen molar-refractivity contribution in [3.05, 3.63) is 42.2 Å². The van der Waals surface area contributed by atoms with Crippen LogP contribution in [0.1, 0.15) is 24.2 Å². The number of halogens is 1. The topological polar surface area (TPSA) is 89.4 Å². The summed E-state index contributed by atoms with van der Waals surface area (Å²) in [7, 11) is 0. The van der Waals surface area contributed by atoms with Crippen LogP contribution in [0.2, 0.25) is 0 Å². The highest BCUT2D eigenvalue weighted by molar-refractivity contribution is 6.04. The van der Waals surface area contributed by atoms with Crippen molar-refractivity contribution >= 4 is 17.5 Å². The van der Waals surface area contributed by atoms with Crippen LogP contribution in [0.3, 0.4) is 0 Å². The number of hydrogen-bond donors (Lipinski definition) is 1. The molecule has 1 N–H and O–H groups in total. The van der Waals surface area contributed by atoms with Crippen LogP contribution in [-0.2, 0) is 16.1 Å². The van der Waals surface area contributed by atoms with Crippen LogP contribution < -0.4 is 5.32 Å². The molecule has 2 amide bonds. The second-order valence-corrected chi connectivity index (χ2v) is 6.30. The Morgan fingerprint density at radius 1 is 1.35 bits per heavy atom. The molecule has 26 heavy (non-hydrogen) atoms. The molecule has 1 aliphatic rings. The number of amides is 2. The minimum atomic E-state index is -0.729. The molecule has 1 fully saturated rings. The molecule has 1 aliphatic heterocycles. The van der Waals surface area contributed by atoms with Crippen LogP contribution >= 0.6 is 0 Å². The third-order valence-electron chi connectivity index (χ3n) is 3.95. The van der Waals surface area contributed by atoms with Gasteiger partial charge in [-0.25, -0.2) is 4.98 Å². The van der Waals surface area contributed by atoms with E-state index in [0.717, 1.165) is 6.07 Å². The third kappa shape index (κ3) is 4.42. The highest BCUT2D eigenvalue weighted by Crippen LogP contribution is 2.13. The van der Waals surface area contributed by atoms with Crippen molar-refractivity contribution in [2.75, 3.05) is 18.4 Å². The summed E-state index contributed by atoms with van der Waals surface area (Å²) >= 11 is 0. The van der Waals surface area contributed by atoms with E-state index in [0.29, 0.717) is 18.8 Å². The fraction of sp³-hybridized carbons (Fsp3) is 0.412. The molecule has 0 bridgehead atoms. The average Bonchev–Trinajstić information content (AvgIpc) is 3.00. The molecule has 2 aromatic heterocycles. The molecule has 3 heterocycles. The summed E-state index contributed by atoms with van der Waals surface area (Å²) in [6.07, 6.45) is 4.21. The van der Waals surface area contributed by atoms with Gasteiger partial charge >= 0.3 is 0 Å². The van der Waals surface area contributed by atoms with E-state index in [4.69, 9.17) is 4.74 Å². The van der Waals surface area contributed by atoms with E-state index in [-0.39, 0.29) is 30.2 Å². The molecule has 2 atom stereocenters. The number of carbonyl (C=O) groups excluding carboxylic acids is 2. The summed E-state index contributed by atoms with van der Waals surface area (Å²) < 4.78 is 20.2. The maximum atomic E-state index is 13.1. The fourth-order valence-corrected chi connectivity index (χ4v) is 2.88. The Morgan fingerprint density at radius 3 is 2.77 bits per heavy atom. The molecule has 0 radical (unpaired) electrons. The summed E-state index contributed by atoms with van der Waals surface area (Å²) in [5.74, 6) is -1.27. The van der Waals surface area contributed by atoms with Crippen LogP contribution in [0.4, 0.5) is 10.1 Å². The van der Waals surface area contributed by atoms with E-state index in [2.05, 4.69) is 15.4 Å². The van der Waals surface area contributed by atoms with Crippen molar-refractivity contribution in [3.8, 4) is 0 Å². The van der Waals surface area contributed by atoms with Gasteiger partial charge < -0.3 is 15.0 Å². The van der Waals surface area contributed by atoms with E-state index in [1.165, 1.54) is 23.1 Å². The molecule has 0 saturated carbocycles. The molecule has 0 aliphatic carbocycles. The van der Waals surface area contributed by atoms with Crippen molar-refractivity contribution < 1.29 is 18.7 Å². The van der Waals surface area contributed by atoms with E-state index in [1.807, 2.05) is 13.8 Å². The molecule has 138 valence electrons. The predicted octanol–water partition coefficient (Wildman–Crippen LogP) is 1.31. The summed E-state index contributed by atoms with van der Waals surface area (Å²) in [6.45, 7) is 5.02. The lowest BCUT2D eigenvalue weighted by molar-refractivity contribution is -0.144. The van der Waals surface area contributed by atoms with Gasteiger partial charge in [0.25, 0.3) is 5.91 Å². The minimum absolute atomic E-state index is 0.00377. The number of aromatic nitrogens is 3. The van der Waals surface area contributed by atoms with Crippen LogP contribution in [0.5, 0.6) is 0 Å². The number of hydrogen-bond acceptors (Lipinski definition) is 5. The van der Waals surface area contributed by atoms with Gasteiger partial charge in [-0.2, -0.15) is 9.49 Å². The lowest BCUT2D eigenvalue weighted by Crippen LogP contribution is -2.49. The third-order valence-corrected chi connectivity index (χ3v) is 3.95. The highest BCUT2D eigenvalue weighted by atomic mass is 19.1. The molecule has 2 aromatic rings. The zero-order valence-corrected chi connectivity index (χ0v) is 14.6. The van der Waals surface area contributed by atoms with Crippen molar-refractivity contribution in [3.63, 3.8) is 0 Å². The van der Waals surface area contributed by atoms with Gasteiger partial charge in [0.15, 0.2) is 0 Å². The van der Waals surface area contributed by atoms with Crippen molar-refractivity contribution in [1.82, 2.24) is 19.7 Å². The second kappa shape index (κ2) is 7.61. The monoisotopic (exact) mass is 361 g/mol. The number of pyridine rings is 1. The van der Waals surface area contributed by atoms with Crippen LogP contribution in [0.25, 0.3) is 0 Å². The molecular weight excluding hydrogens is 341 g/mol. The first-order valence-electron chi connectivity index (χ1n) is 8.29.